The lowest BCUT2D eigenvalue weighted by Crippen LogP contribution is -1.77. The van der Waals surface area contributed by atoms with E-state index in [0.717, 1.165) is 11.1 Å². The molecule has 0 saturated carbocycles. The molecule has 0 bridgehead atoms. The molecule has 0 atom stereocenters. The van der Waals surface area contributed by atoms with Crippen molar-refractivity contribution in [3.63, 3.8) is 0 Å². The van der Waals surface area contributed by atoms with Crippen LogP contribution in [0.25, 0.3) is 0 Å². The summed E-state index contributed by atoms with van der Waals surface area (Å²) < 4.78 is 0. The van der Waals surface area contributed by atoms with Crippen molar-refractivity contribution in [2.24, 2.45) is 0 Å². The quantitative estimate of drug-likeness (QED) is 0.306. The lowest BCUT2D eigenvalue weighted by Gasteiger charge is -1.93. The van der Waals surface area contributed by atoms with Crippen LogP contribution in [0.15, 0.2) is 72.8 Å². The maximum Gasteiger partial charge on any atom is 0.0249 e. The van der Waals surface area contributed by atoms with Gasteiger partial charge in [0.1, 0.15) is 0 Å². The first-order valence-corrected chi connectivity index (χ1v) is 11.1. The van der Waals surface area contributed by atoms with Crippen molar-refractivity contribution in [1.82, 2.24) is 0 Å². The van der Waals surface area contributed by atoms with Gasteiger partial charge in [-0.1, -0.05) is 122 Å². The highest BCUT2D eigenvalue weighted by atomic mass is 13.9. The predicted molar refractivity (Wildman–Crippen MR) is 134 cm³/mol. The van der Waals surface area contributed by atoms with Crippen molar-refractivity contribution in [3.05, 3.63) is 106 Å². The smallest absolute Gasteiger partial charge is 0.0249 e. The summed E-state index contributed by atoms with van der Waals surface area (Å²) in [5.41, 5.74) is 7.31. The van der Waals surface area contributed by atoms with Crippen LogP contribution in [0, 0.1) is 39.5 Å². The molecule has 158 valence electrons. The Labute approximate surface area is 185 Å². The monoisotopic (exact) mass is 398 g/mol. The first-order chi connectivity index (χ1) is 14.4. The van der Waals surface area contributed by atoms with Crippen LogP contribution < -0.4 is 0 Å². The fraction of sp³-hybridized carbons (Fsp3) is 0.333. The Morgan fingerprint density at radius 1 is 0.433 bits per heavy atom. The van der Waals surface area contributed by atoms with Crippen LogP contribution in [0.2, 0.25) is 0 Å². The molecule has 0 heteroatoms. The van der Waals surface area contributed by atoms with E-state index in [9.17, 15) is 0 Å². The van der Waals surface area contributed by atoms with Crippen LogP contribution in [0.5, 0.6) is 0 Å². The fourth-order valence-corrected chi connectivity index (χ4v) is 2.56. The summed E-state index contributed by atoms with van der Waals surface area (Å²) in [6, 6.07) is 25.0. The van der Waals surface area contributed by atoms with Gasteiger partial charge < -0.3 is 0 Å². The molecule has 0 radical (unpaired) electrons. The molecule has 0 aliphatic heterocycles. The fourth-order valence-electron chi connectivity index (χ4n) is 2.56. The van der Waals surface area contributed by atoms with Gasteiger partial charge in [0, 0.05) is 11.1 Å². The van der Waals surface area contributed by atoms with Gasteiger partial charge in [-0.2, -0.15) is 0 Å². The predicted octanol–water partition coefficient (Wildman–Crippen LogP) is 8.59. The molecule has 0 aliphatic rings. The van der Waals surface area contributed by atoms with Crippen LogP contribution in [0.3, 0.4) is 0 Å². The van der Waals surface area contributed by atoms with Gasteiger partial charge in [-0.05, 0) is 52.0 Å². The summed E-state index contributed by atoms with van der Waals surface area (Å²) in [7, 11) is 0. The van der Waals surface area contributed by atoms with Crippen LogP contribution in [0.4, 0.5) is 0 Å². The summed E-state index contributed by atoms with van der Waals surface area (Å²) >= 11 is 0. The van der Waals surface area contributed by atoms with Gasteiger partial charge in [0.05, 0.1) is 0 Å². The molecule has 30 heavy (non-hydrogen) atoms. The Kier molecular flexibility index (Phi) is 12.7. The van der Waals surface area contributed by atoms with Gasteiger partial charge in [0.15, 0.2) is 0 Å². The molecule has 0 aliphatic carbocycles. The minimum atomic E-state index is 1.06. The standard InChI is InChI=1S/C16H14.C8H10.C6H14/c1-13-3-7-15(8-4-13)11-12-16-9-5-14(2)6-10-16;1-7-3-5-8(2)6-4-7;1-3-5-6-4-2/h3-10H,1-2H3;3-6H,1-2H3;3-6H2,1-2H3. The van der Waals surface area contributed by atoms with Crippen LogP contribution in [0.1, 0.15) is 72.9 Å². The highest BCUT2D eigenvalue weighted by Crippen LogP contribution is 2.04. The maximum atomic E-state index is 3.16. The zero-order valence-corrected chi connectivity index (χ0v) is 19.8. The van der Waals surface area contributed by atoms with Gasteiger partial charge in [0.25, 0.3) is 0 Å². The number of unbranched alkanes of at least 4 members (excludes halogenated alkanes) is 3. The van der Waals surface area contributed by atoms with E-state index in [1.807, 2.05) is 0 Å². The molecular formula is C30H38. The molecule has 0 saturated heterocycles. The lowest BCUT2D eigenvalue weighted by atomic mass is 10.1. The number of rotatable bonds is 3. The van der Waals surface area contributed by atoms with Crippen LogP contribution >= 0.6 is 0 Å². The zero-order chi connectivity index (χ0) is 22.2. The van der Waals surface area contributed by atoms with Crippen molar-refractivity contribution in [3.8, 4) is 11.8 Å². The van der Waals surface area contributed by atoms with Crippen molar-refractivity contribution >= 4 is 0 Å². The van der Waals surface area contributed by atoms with Gasteiger partial charge in [-0.15, -0.1) is 0 Å². The third-order valence-corrected chi connectivity index (χ3v) is 4.63. The molecule has 0 spiro atoms. The highest BCUT2D eigenvalue weighted by molar-refractivity contribution is 5.43. The Morgan fingerprint density at radius 2 is 0.667 bits per heavy atom. The van der Waals surface area contributed by atoms with E-state index in [2.05, 4.69) is 126 Å². The average Bonchev–Trinajstić information content (AvgIpc) is 2.76. The lowest BCUT2D eigenvalue weighted by molar-refractivity contribution is 0.702. The van der Waals surface area contributed by atoms with E-state index in [4.69, 9.17) is 0 Å². The minimum Gasteiger partial charge on any atom is -0.0654 e. The van der Waals surface area contributed by atoms with E-state index in [1.54, 1.807) is 0 Å². The van der Waals surface area contributed by atoms with E-state index in [1.165, 1.54) is 47.9 Å². The maximum absolute atomic E-state index is 3.16. The molecule has 0 amide bonds. The Balaban J connectivity index is 0.000000268. The van der Waals surface area contributed by atoms with E-state index in [-0.39, 0.29) is 0 Å². The molecular weight excluding hydrogens is 360 g/mol. The second-order valence-electron chi connectivity index (χ2n) is 7.84. The van der Waals surface area contributed by atoms with Crippen molar-refractivity contribution in [2.75, 3.05) is 0 Å². The molecule has 0 fully saturated rings. The van der Waals surface area contributed by atoms with Crippen LogP contribution in [-0.2, 0) is 0 Å². The Bertz CT molecular complexity index is 796. The summed E-state index contributed by atoms with van der Waals surface area (Å²) in [4.78, 5) is 0. The van der Waals surface area contributed by atoms with Crippen LogP contribution in [-0.4, -0.2) is 0 Å². The van der Waals surface area contributed by atoms with Gasteiger partial charge in [-0.3, -0.25) is 0 Å². The van der Waals surface area contributed by atoms with Crippen molar-refractivity contribution in [2.45, 2.75) is 67.2 Å². The van der Waals surface area contributed by atoms with Gasteiger partial charge in [0.2, 0.25) is 0 Å². The topological polar surface area (TPSA) is 0 Å². The summed E-state index contributed by atoms with van der Waals surface area (Å²) in [5.74, 6) is 6.32. The molecule has 0 heterocycles. The Morgan fingerprint density at radius 3 is 0.900 bits per heavy atom. The molecule has 0 N–H and O–H groups in total. The second kappa shape index (κ2) is 15.1. The molecule has 0 unspecified atom stereocenters. The van der Waals surface area contributed by atoms with E-state index in [0.29, 0.717) is 0 Å². The first kappa shape index (κ1) is 25.3. The molecule has 0 nitrogen and oxygen atoms in total. The number of benzene rings is 3. The molecule has 3 aromatic carbocycles. The normalized spacial score (nSPS) is 9.27. The average molecular weight is 399 g/mol. The van der Waals surface area contributed by atoms with E-state index < -0.39 is 0 Å². The minimum absolute atomic E-state index is 1.06. The molecule has 0 aromatic heterocycles. The largest absolute Gasteiger partial charge is 0.0654 e. The number of hydrogen-bond donors (Lipinski definition) is 0. The summed E-state index contributed by atoms with van der Waals surface area (Å²) in [5, 5.41) is 0. The summed E-state index contributed by atoms with van der Waals surface area (Å²) in [6.07, 6.45) is 5.54. The van der Waals surface area contributed by atoms with E-state index >= 15 is 0 Å². The third kappa shape index (κ3) is 11.9. The molecule has 3 aromatic rings. The third-order valence-electron chi connectivity index (χ3n) is 4.63. The number of aryl methyl sites for hydroxylation is 4. The van der Waals surface area contributed by atoms with Gasteiger partial charge in [-0.25, -0.2) is 0 Å². The Hall–Kier alpha value is -2.78. The highest BCUT2D eigenvalue weighted by Gasteiger charge is 1.88. The first-order valence-electron chi connectivity index (χ1n) is 11.1. The molecule has 3 rings (SSSR count). The van der Waals surface area contributed by atoms with Crippen molar-refractivity contribution < 1.29 is 0 Å². The van der Waals surface area contributed by atoms with Gasteiger partial charge >= 0.3 is 0 Å². The second-order valence-corrected chi connectivity index (χ2v) is 7.84. The number of hydrogen-bond acceptors (Lipinski definition) is 0. The SMILES string of the molecule is CCCCCC.Cc1ccc(C#Cc2ccc(C)cc2)cc1.Cc1ccc(C)cc1. The zero-order valence-electron chi connectivity index (χ0n) is 19.8. The summed E-state index contributed by atoms with van der Waals surface area (Å²) in [6.45, 7) is 12.8. The van der Waals surface area contributed by atoms with Crippen molar-refractivity contribution in [1.29, 1.82) is 0 Å².